The molecule has 0 unspecified atom stereocenters. The molecule has 3 aromatic rings. The van der Waals surface area contributed by atoms with Crippen LogP contribution in [0.4, 0.5) is 15.4 Å². The summed E-state index contributed by atoms with van der Waals surface area (Å²) in [7, 11) is 0. The molecule has 0 spiro atoms. The summed E-state index contributed by atoms with van der Waals surface area (Å²) in [6, 6.07) is 11.0. The second-order valence-corrected chi connectivity index (χ2v) is 11.2. The fourth-order valence-corrected chi connectivity index (χ4v) is 5.37. The first-order chi connectivity index (χ1) is 18.4. The van der Waals surface area contributed by atoms with Crippen LogP contribution in [0.1, 0.15) is 55.4 Å². The molecule has 5 nitrogen and oxygen atoms in total. The van der Waals surface area contributed by atoms with Gasteiger partial charge in [0.25, 0.3) is 0 Å². The van der Waals surface area contributed by atoms with E-state index in [1.165, 1.54) is 16.7 Å². The first-order valence-electron chi connectivity index (χ1n) is 13.6. The number of nitrogens with one attached hydrogen (secondary N) is 3. The SMILES string of the molecule is C=C1Cc2ccc(C)cc2Nc2ncnc3cc(CCCSF)c(cc23)CCCCNC(=C)[C@H](C(C)C)N1. The highest BCUT2D eigenvalue weighted by molar-refractivity contribution is 7.94. The Bertz CT molecular complexity index is 1290. The highest BCUT2D eigenvalue weighted by Crippen LogP contribution is 2.30. The van der Waals surface area contributed by atoms with E-state index in [0.29, 0.717) is 30.2 Å². The van der Waals surface area contributed by atoms with Gasteiger partial charge in [-0.3, -0.25) is 0 Å². The van der Waals surface area contributed by atoms with Crippen LogP contribution in [0.25, 0.3) is 10.9 Å². The van der Waals surface area contributed by atoms with Crippen LogP contribution < -0.4 is 16.0 Å². The predicted molar refractivity (Wildman–Crippen MR) is 161 cm³/mol. The molecule has 1 aliphatic heterocycles. The smallest absolute Gasteiger partial charge is 0.141 e. The molecule has 0 saturated heterocycles. The standard InChI is InChI=1S/C31H40FN5S/c1-20(2)30-23(5)33-13-7-6-9-24-17-27-29(18-25(24)10-8-14-38-32)34-19-35-31(27)37-28-15-21(3)11-12-26(28)16-22(4)36-30/h11-12,15,17-20,30,33,36H,4-10,13-14,16H2,1-3H3,(H,34,35,37)/t30-/m0/s1. The molecule has 2 heterocycles. The van der Waals surface area contributed by atoms with Crippen LogP contribution in [-0.4, -0.2) is 28.3 Å². The number of allylic oxidation sites excluding steroid dienone is 1. The highest BCUT2D eigenvalue weighted by Gasteiger charge is 2.19. The number of anilines is 2. The fourth-order valence-electron chi connectivity index (χ4n) is 5.12. The molecule has 1 aromatic heterocycles. The zero-order valence-electron chi connectivity index (χ0n) is 22.9. The normalized spacial score (nSPS) is 17.0. The summed E-state index contributed by atoms with van der Waals surface area (Å²) in [4.78, 5) is 9.24. The van der Waals surface area contributed by atoms with Gasteiger partial charge in [-0.2, -0.15) is 3.89 Å². The molecule has 2 aromatic carbocycles. The number of hydrogen-bond acceptors (Lipinski definition) is 6. The van der Waals surface area contributed by atoms with E-state index in [1.54, 1.807) is 6.33 Å². The van der Waals surface area contributed by atoms with Gasteiger partial charge in [-0.25, -0.2) is 9.97 Å². The summed E-state index contributed by atoms with van der Waals surface area (Å²) >= 11 is 0.412. The Labute approximate surface area is 231 Å². The third kappa shape index (κ3) is 7.07. The zero-order valence-corrected chi connectivity index (χ0v) is 23.7. The molecule has 0 aliphatic carbocycles. The van der Waals surface area contributed by atoms with Crippen molar-refractivity contribution in [3.63, 3.8) is 0 Å². The van der Waals surface area contributed by atoms with Crippen molar-refractivity contribution in [2.75, 3.05) is 17.6 Å². The monoisotopic (exact) mass is 533 g/mol. The van der Waals surface area contributed by atoms with Crippen molar-refractivity contribution in [1.82, 2.24) is 20.6 Å². The second kappa shape index (κ2) is 13.1. The van der Waals surface area contributed by atoms with Crippen molar-refractivity contribution in [3.05, 3.63) is 83.5 Å². The molecular formula is C31H40FN5S. The Morgan fingerprint density at radius 3 is 2.74 bits per heavy atom. The molecule has 1 atom stereocenters. The molecule has 0 fully saturated rings. The third-order valence-corrected chi connectivity index (χ3v) is 7.62. The molecular weight excluding hydrogens is 493 g/mol. The number of hydrogen-bond donors (Lipinski definition) is 3. The molecule has 202 valence electrons. The lowest BCUT2D eigenvalue weighted by molar-refractivity contribution is 0.453. The van der Waals surface area contributed by atoms with Gasteiger partial charge in [-0.15, -0.1) is 0 Å². The lowest BCUT2D eigenvalue weighted by Gasteiger charge is -2.28. The Morgan fingerprint density at radius 1 is 1.11 bits per heavy atom. The summed E-state index contributed by atoms with van der Waals surface area (Å²) in [6.45, 7) is 16.1. The summed E-state index contributed by atoms with van der Waals surface area (Å²) in [6.07, 6.45) is 6.98. The van der Waals surface area contributed by atoms with E-state index in [0.717, 1.165) is 78.0 Å². The topological polar surface area (TPSA) is 61.9 Å². The summed E-state index contributed by atoms with van der Waals surface area (Å²) < 4.78 is 12.8. The van der Waals surface area contributed by atoms with Crippen molar-refractivity contribution >= 4 is 34.6 Å². The Kier molecular flexibility index (Phi) is 9.67. The van der Waals surface area contributed by atoms with Crippen LogP contribution in [0.2, 0.25) is 0 Å². The van der Waals surface area contributed by atoms with E-state index >= 15 is 0 Å². The lowest BCUT2D eigenvalue weighted by atomic mass is 9.96. The first kappa shape index (κ1) is 28.0. The maximum Gasteiger partial charge on any atom is 0.141 e. The fraction of sp³-hybridized carbons (Fsp3) is 0.419. The quantitative estimate of drug-likeness (QED) is 0.298. The van der Waals surface area contributed by atoms with E-state index in [-0.39, 0.29) is 6.04 Å². The number of nitrogens with zero attached hydrogens (tertiary/aromatic N) is 2. The van der Waals surface area contributed by atoms with Crippen molar-refractivity contribution in [2.24, 2.45) is 5.92 Å². The number of fused-ring (bicyclic) bond motifs is 2. The Balaban J connectivity index is 1.75. The Morgan fingerprint density at radius 2 is 1.95 bits per heavy atom. The number of aryl methyl sites for hydroxylation is 3. The van der Waals surface area contributed by atoms with Crippen LogP contribution in [0.5, 0.6) is 0 Å². The lowest BCUT2D eigenvalue weighted by Crippen LogP contribution is -2.40. The number of benzene rings is 2. The van der Waals surface area contributed by atoms with Crippen molar-refractivity contribution in [1.29, 1.82) is 0 Å². The van der Waals surface area contributed by atoms with E-state index in [4.69, 9.17) is 0 Å². The Hall–Kier alpha value is -3.06. The van der Waals surface area contributed by atoms with Gasteiger partial charge in [-0.1, -0.05) is 39.1 Å². The van der Waals surface area contributed by atoms with E-state index in [9.17, 15) is 3.89 Å². The van der Waals surface area contributed by atoms with Gasteiger partial charge in [0.2, 0.25) is 0 Å². The van der Waals surface area contributed by atoms with Crippen LogP contribution in [0.3, 0.4) is 0 Å². The van der Waals surface area contributed by atoms with Gasteiger partial charge in [0, 0.05) is 53.3 Å². The van der Waals surface area contributed by atoms with E-state index < -0.39 is 0 Å². The molecule has 3 N–H and O–H groups in total. The molecule has 0 radical (unpaired) electrons. The average molecular weight is 534 g/mol. The number of rotatable bonds is 5. The minimum atomic E-state index is 0.0940. The first-order valence-corrected chi connectivity index (χ1v) is 14.5. The number of aromatic nitrogens is 2. The van der Waals surface area contributed by atoms with Gasteiger partial charge in [0.05, 0.1) is 11.6 Å². The van der Waals surface area contributed by atoms with Crippen LogP contribution >= 0.6 is 12.1 Å². The van der Waals surface area contributed by atoms with Gasteiger partial charge >= 0.3 is 0 Å². The van der Waals surface area contributed by atoms with Gasteiger partial charge < -0.3 is 16.0 Å². The van der Waals surface area contributed by atoms with Crippen LogP contribution in [0, 0.1) is 12.8 Å². The molecule has 0 saturated carbocycles. The molecule has 1 aliphatic rings. The van der Waals surface area contributed by atoms with Crippen molar-refractivity contribution in [2.45, 2.75) is 65.3 Å². The highest BCUT2D eigenvalue weighted by atomic mass is 32.2. The number of halogens is 1. The van der Waals surface area contributed by atoms with Crippen molar-refractivity contribution in [3.8, 4) is 0 Å². The minimum absolute atomic E-state index is 0.0940. The third-order valence-electron chi connectivity index (χ3n) is 7.17. The molecule has 4 rings (SSSR count). The maximum absolute atomic E-state index is 12.8. The zero-order chi connectivity index (χ0) is 27.1. The molecule has 7 heteroatoms. The van der Waals surface area contributed by atoms with Crippen molar-refractivity contribution < 1.29 is 3.89 Å². The van der Waals surface area contributed by atoms with E-state index in [1.807, 2.05) is 0 Å². The largest absolute Gasteiger partial charge is 0.387 e. The summed E-state index contributed by atoms with van der Waals surface area (Å²) in [5.74, 6) is 1.67. The molecule has 38 heavy (non-hydrogen) atoms. The summed E-state index contributed by atoms with van der Waals surface area (Å²) in [5.41, 5.74) is 8.74. The predicted octanol–water partition coefficient (Wildman–Crippen LogP) is 7.34. The second-order valence-electron chi connectivity index (χ2n) is 10.6. The van der Waals surface area contributed by atoms with Gasteiger partial charge in [0.15, 0.2) is 0 Å². The van der Waals surface area contributed by atoms with Crippen LogP contribution in [-0.2, 0) is 19.3 Å². The van der Waals surface area contributed by atoms with E-state index in [2.05, 4.69) is 90.2 Å². The van der Waals surface area contributed by atoms with Crippen LogP contribution in [0.15, 0.2) is 61.2 Å². The van der Waals surface area contributed by atoms with Gasteiger partial charge in [-0.05, 0) is 85.4 Å². The average Bonchev–Trinajstić information content (AvgIpc) is 2.88. The van der Waals surface area contributed by atoms with Gasteiger partial charge in [0.1, 0.15) is 12.1 Å². The maximum atomic E-state index is 12.8. The molecule has 2 bridgehead atoms. The summed E-state index contributed by atoms with van der Waals surface area (Å²) in [5, 5.41) is 11.8. The molecule has 0 amide bonds. The minimum Gasteiger partial charge on any atom is -0.387 e.